The highest BCUT2D eigenvalue weighted by Crippen LogP contribution is 2.18. The van der Waals surface area contributed by atoms with Gasteiger partial charge in [0.1, 0.15) is 6.54 Å². The molecule has 4 nitrogen and oxygen atoms in total. The van der Waals surface area contributed by atoms with Crippen LogP contribution in [-0.2, 0) is 17.8 Å². The van der Waals surface area contributed by atoms with E-state index < -0.39 is 0 Å². The molecule has 1 atom stereocenters. The molecule has 0 radical (unpaired) electrons. The molecule has 3 rings (SSSR count). The number of hydrogen-bond acceptors (Lipinski definition) is 2. The lowest BCUT2D eigenvalue weighted by Crippen LogP contribution is -2.42. The van der Waals surface area contributed by atoms with Gasteiger partial charge in [0.15, 0.2) is 0 Å². The van der Waals surface area contributed by atoms with Crippen LogP contribution in [-0.4, -0.2) is 42.1 Å². The maximum Gasteiger partial charge on any atom is 0.240 e. The highest BCUT2D eigenvalue weighted by atomic mass is 16.1. The smallest absolute Gasteiger partial charge is 0.240 e. The monoisotopic (exact) mass is 349 g/mol. The largest absolute Gasteiger partial charge is 0.353 e. The van der Waals surface area contributed by atoms with Gasteiger partial charge in [-0.3, -0.25) is 4.79 Å². The zero-order valence-corrected chi connectivity index (χ0v) is 15.8. The molecule has 0 spiro atoms. The first-order valence-electron chi connectivity index (χ1n) is 9.06. The van der Waals surface area contributed by atoms with Gasteiger partial charge in [-0.15, -0.1) is 0 Å². The number of likely N-dealkylation sites (N-methyl/N-ethyl adjacent to an activating group) is 1. The van der Waals surface area contributed by atoms with Crippen molar-refractivity contribution in [2.24, 2.45) is 0 Å². The van der Waals surface area contributed by atoms with Crippen molar-refractivity contribution < 1.29 is 4.79 Å². The molecule has 3 aromatic rings. The Labute approximate surface area is 155 Å². The summed E-state index contributed by atoms with van der Waals surface area (Å²) in [6.07, 6.45) is 0.916. The summed E-state index contributed by atoms with van der Waals surface area (Å²) in [5, 5.41) is 4.29. The fourth-order valence-corrected chi connectivity index (χ4v) is 3.31. The third kappa shape index (κ3) is 4.33. The van der Waals surface area contributed by atoms with Crippen molar-refractivity contribution in [2.45, 2.75) is 25.9 Å². The van der Waals surface area contributed by atoms with Gasteiger partial charge in [0.2, 0.25) is 5.91 Å². The summed E-state index contributed by atoms with van der Waals surface area (Å²) in [6, 6.07) is 21.0. The van der Waals surface area contributed by atoms with Crippen LogP contribution in [0.15, 0.2) is 60.7 Å². The first-order valence-corrected chi connectivity index (χ1v) is 9.06. The van der Waals surface area contributed by atoms with E-state index in [2.05, 4.69) is 71.3 Å². The average molecular weight is 349 g/mol. The standard InChI is InChI=1S/C22H27N3O/c1-17-13-19-11-7-8-12-21(19)25(17)16-22(26)23-15-20(24(2)3)14-18-9-5-4-6-10-18/h4-13,20H,14-16H2,1-3H3,(H,23,26)/t20-/m1/s1. The van der Waals surface area contributed by atoms with Crippen LogP contribution < -0.4 is 5.32 Å². The quantitative estimate of drug-likeness (QED) is 0.711. The number of amides is 1. The van der Waals surface area contributed by atoms with Gasteiger partial charge in [0.05, 0.1) is 0 Å². The maximum atomic E-state index is 12.5. The predicted molar refractivity (Wildman–Crippen MR) is 107 cm³/mol. The van der Waals surface area contributed by atoms with Crippen LogP contribution in [0.4, 0.5) is 0 Å². The number of nitrogens with one attached hydrogen (secondary N) is 1. The predicted octanol–water partition coefficient (Wildman–Crippen LogP) is 3.24. The van der Waals surface area contributed by atoms with Crippen molar-refractivity contribution in [3.05, 3.63) is 71.9 Å². The highest BCUT2D eigenvalue weighted by molar-refractivity contribution is 5.84. The molecule has 0 aliphatic heterocycles. The number of carbonyl (C=O) groups excluding carboxylic acids is 1. The van der Waals surface area contributed by atoms with E-state index in [4.69, 9.17) is 0 Å². The summed E-state index contributed by atoms with van der Waals surface area (Å²) in [4.78, 5) is 14.7. The number of benzene rings is 2. The van der Waals surface area contributed by atoms with Crippen LogP contribution in [0.1, 0.15) is 11.3 Å². The molecule has 2 aromatic carbocycles. The Morgan fingerprint density at radius 3 is 2.50 bits per heavy atom. The van der Waals surface area contributed by atoms with Crippen LogP contribution in [0.2, 0.25) is 0 Å². The van der Waals surface area contributed by atoms with Crippen molar-refractivity contribution in [1.29, 1.82) is 0 Å². The van der Waals surface area contributed by atoms with E-state index in [1.165, 1.54) is 10.9 Å². The van der Waals surface area contributed by atoms with E-state index in [9.17, 15) is 4.79 Å². The third-order valence-corrected chi connectivity index (χ3v) is 4.90. The SMILES string of the molecule is Cc1cc2ccccc2n1CC(=O)NC[C@@H](Cc1ccccc1)N(C)C. The Balaban J connectivity index is 1.62. The second kappa shape index (κ2) is 8.19. The van der Waals surface area contributed by atoms with Crippen molar-refractivity contribution in [3.8, 4) is 0 Å². The van der Waals surface area contributed by atoms with E-state index in [1.807, 2.05) is 25.1 Å². The van der Waals surface area contributed by atoms with Crippen LogP contribution in [0.3, 0.4) is 0 Å². The molecule has 1 heterocycles. The number of fused-ring (bicyclic) bond motifs is 1. The lowest BCUT2D eigenvalue weighted by atomic mass is 10.1. The van der Waals surface area contributed by atoms with Gasteiger partial charge in [-0.25, -0.2) is 0 Å². The molecule has 0 unspecified atom stereocenters. The number of carbonyl (C=O) groups is 1. The second-order valence-corrected chi connectivity index (χ2v) is 7.04. The number of nitrogens with zero attached hydrogens (tertiary/aromatic N) is 2. The van der Waals surface area contributed by atoms with Crippen molar-refractivity contribution >= 4 is 16.8 Å². The first kappa shape index (κ1) is 18.2. The van der Waals surface area contributed by atoms with Gasteiger partial charge < -0.3 is 14.8 Å². The Bertz CT molecular complexity index is 867. The van der Waals surface area contributed by atoms with Crippen LogP contribution >= 0.6 is 0 Å². The van der Waals surface area contributed by atoms with E-state index in [-0.39, 0.29) is 11.9 Å². The summed E-state index contributed by atoms with van der Waals surface area (Å²) in [5.74, 6) is 0.0503. The minimum atomic E-state index is 0.0503. The molecule has 1 amide bonds. The molecule has 26 heavy (non-hydrogen) atoms. The number of rotatable bonds is 7. The summed E-state index contributed by atoms with van der Waals surface area (Å²) < 4.78 is 2.08. The Hall–Kier alpha value is -2.59. The molecule has 136 valence electrons. The first-order chi connectivity index (χ1) is 12.5. The van der Waals surface area contributed by atoms with Gasteiger partial charge in [-0.1, -0.05) is 48.5 Å². The second-order valence-electron chi connectivity index (χ2n) is 7.04. The molecule has 1 N–H and O–H groups in total. The van der Waals surface area contributed by atoms with Gasteiger partial charge >= 0.3 is 0 Å². The average Bonchev–Trinajstić information content (AvgIpc) is 2.95. The molecular formula is C22H27N3O. The summed E-state index contributed by atoms with van der Waals surface area (Å²) in [5.41, 5.74) is 3.50. The van der Waals surface area contributed by atoms with Gasteiger partial charge in [-0.05, 0) is 50.5 Å². The van der Waals surface area contributed by atoms with Crippen LogP contribution in [0.25, 0.3) is 10.9 Å². The topological polar surface area (TPSA) is 37.3 Å². The van der Waals surface area contributed by atoms with Gasteiger partial charge in [0, 0.05) is 23.8 Å². The molecular weight excluding hydrogens is 322 g/mol. The van der Waals surface area contributed by atoms with Crippen molar-refractivity contribution in [1.82, 2.24) is 14.8 Å². The summed E-state index contributed by atoms with van der Waals surface area (Å²) in [7, 11) is 4.12. The number of aromatic nitrogens is 1. The van der Waals surface area contributed by atoms with Crippen LogP contribution in [0, 0.1) is 6.92 Å². The fraction of sp³-hybridized carbons (Fsp3) is 0.318. The van der Waals surface area contributed by atoms with Crippen molar-refractivity contribution in [3.63, 3.8) is 0 Å². The molecule has 0 saturated heterocycles. The molecule has 0 aliphatic rings. The molecule has 4 heteroatoms. The minimum absolute atomic E-state index is 0.0503. The van der Waals surface area contributed by atoms with Crippen LogP contribution in [0.5, 0.6) is 0 Å². The Kier molecular flexibility index (Phi) is 5.74. The number of aryl methyl sites for hydroxylation is 1. The Morgan fingerprint density at radius 2 is 1.77 bits per heavy atom. The minimum Gasteiger partial charge on any atom is -0.353 e. The van der Waals surface area contributed by atoms with E-state index in [1.54, 1.807) is 0 Å². The zero-order chi connectivity index (χ0) is 18.5. The Morgan fingerprint density at radius 1 is 1.08 bits per heavy atom. The zero-order valence-electron chi connectivity index (χ0n) is 15.8. The molecule has 1 aromatic heterocycles. The molecule has 0 fully saturated rings. The van der Waals surface area contributed by atoms with E-state index >= 15 is 0 Å². The lowest BCUT2D eigenvalue weighted by Gasteiger charge is -2.25. The van der Waals surface area contributed by atoms with E-state index in [0.717, 1.165) is 17.6 Å². The number of para-hydroxylation sites is 1. The fourth-order valence-electron chi connectivity index (χ4n) is 3.31. The molecule has 0 aliphatic carbocycles. The number of hydrogen-bond donors (Lipinski definition) is 1. The van der Waals surface area contributed by atoms with E-state index in [0.29, 0.717) is 13.1 Å². The third-order valence-electron chi connectivity index (χ3n) is 4.90. The highest BCUT2D eigenvalue weighted by Gasteiger charge is 2.15. The van der Waals surface area contributed by atoms with Gasteiger partial charge in [0.25, 0.3) is 0 Å². The molecule has 0 bridgehead atoms. The summed E-state index contributed by atoms with van der Waals surface area (Å²) in [6.45, 7) is 3.04. The van der Waals surface area contributed by atoms with Gasteiger partial charge in [-0.2, -0.15) is 0 Å². The van der Waals surface area contributed by atoms with Crippen molar-refractivity contribution in [2.75, 3.05) is 20.6 Å². The lowest BCUT2D eigenvalue weighted by molar-refractivity contribution is -0.121. The molecule has 0 saturated carbocycles. The normalized spacial score (nSPS) is 12.5. The summed E-state index contributed by atoms with van der Waals surface area (Å²) >= 11 is 0. The maximum absolute atomic E-state index is 12.5.